The van der Waals surface area contributed by atoms with Gasteiger partial charge >= 0.3 is 0 Å². The lowest BCUT2D eigenvalue weighted by molar-refractivity contribution is 0.733. The van der Waals surface area contributed by atoms with E-state index in [4.69, 9.17) is 0 Å². The molecule has 0 radical (unpaired) electrons. The van der Waals surface area contributed by atoms with Crippen LogP contribution < -0.4 is 5.32 Å². The van der Waals surface area contributed by atoms with Gasteiger partial charge in [0.2, 0.25) is 0 Å². The third-order valence-corrected chi connectivity index (χ3v) is 4.32. The summed E-state index contributed by atoms with van der Waals surface area (Å²) in [7, 11) is 0. The molecule has 0 amide bonds. The van der Waals surface area contributed by atoms with Crippen molar-refractivity contribution in [1.29, 1.82) is 0 Å². The number of fused-ring (bicyclic) bond motifs is 1. The fourth-order valence-corrected chi connectivity index (χ4v) is 2.31. The number of aromatic nitrogens is 5. The van der Waals surface area contributed by atoms with E-state index in [-0.39, 0.29) is 0 Å². The van der Waals surface area contributed by atoms with Gasteiger partial charge in [-0.25, -0.2) is 0 Å². The van der Waals surface area contributed by atoms with Crippen molar-refractivity contribution in [3.63, 3.8) is 0 Å². The second-order valence-electron chi connectivity index (χ2n) is 3.99. The van der Waals surface area contributed by atoms with Crippen LogP contribution in [0.5, 0.6) is 0 Å². The highest BCUT2D eigenvalue weighted by atomic mass is 32.2. The number of rotatable bonds is 4. The van der Waals surface area contributed by atoms with Gasteiger partial charge in [0.15, 0.2) is 5.65 Å². The monoisotopic (exact) mass is 236 g/mol. The normalized spacial score (nSPS) is 17.6. The Hall–Kier alpha value is -1.37. The Morgan fingerprint density at radius 3 is 3.12 bits per heavy atom. The predicted octanol–water partition coefficient (Wildman–Crippen LogP) is 0.827. The lowest BCUT2D eigenvalue weighted by Gasteiger charge is -2.12. The fourth-order valence-electron chi connectivity index (χ4n) is 1.59. The average molecular weight is 236 g/mol. The second-order valence-corrected chi connectivity index (χ2v) is 5.26. The minimum atomic E-state index is 0.428. The van der Waals surface area contributed by atoms with Crippen LogP contribution in [0.1, 0.15) is 12.8 Å². The molecule has 1 N–H and O–H groups in total. The lowest BCUT2D eigenvalue weighted by Crippen LogP contribution is -2.18. The van der Waals surface area contributed by atoms with E-state index in [9.17, 15) is 0 Å². The number of tetrazole rings is 1. The van der Waals surface area contributed by atoms with Gasteiger partial charge in [-0.05, 0) is 41.7 Å². The van der Waals surface area contributed by atoms with E-state index in [0.717, 1.165) is 12.4 Å². The minimum Gasteiger partial charge on any atom is -0.367 e. The van der Waals surface area contributed by atoms with E-state index in [0.29, 0.717) is 10.4 Å². The van der Waals surface area contributed by atoms with Crippen LogP contribution in [0.15, 0.2) is 12.1 Å². The number of nitrogens with zero attached hydrogens (tertiary/aromatic N) is 5. The molecule has 2 aromatic heterocycles. The van der Waals surface area contributed by atoms with Crippen molar-refractivity contribution in [2.75, 3.05) is 18.1 Å². The molecule has 3 rings (SSSR count). The zero-order chi connectivity index (χ0) is 11.0. The van der Waals surface area contributed by atoms with Crippen molar-refractivity contribution in [3.8, 4) is 0 Å². The highest BCUT2D eigenvalue weighted by molar-refractivity contribution is 8.00. The number of nitrogens with one attached hydrogen (secondary N) is 1. The molecule has 2 aromatic rings. The summed E-state index contributed by atoms with van der Waals surface area (Å²) in [6.45, 7) is 0.953. The smallest absolute Gasteiger partial charge is 0.200 e. The molecule has 0 spiro atoms. The first-order valence-corrected chi connectivity index (χ1v) is 6.38. The van der Waals surface area contributed by atoms with E-state index < -0.39 is 0 Å². The Kier molecular flexibility index (Phi) is 2.20. The molecule has 1 aliphatic carbocycles. The molecule has 1 fully saturated rings. The first-order chi connectivity index (χ1) is 7.81. The number of hydrogen-bond donors (Lipinski definition) is 1. The van der Waals surface area contributed by atoms with Gasteiger partial charge in [0, 0.05) is 11.3 Å². The summed E-state index contributed by atoms with van der Waals surface area (Å²) in [6.07, 6.45) is 4.73. The maximum atomic E-state index is 4.26. The van der Waals surface area contributed by atoms with Crippen molar-refractivity contribution in [1.82, 2.24) is 25.3 Å². The second kappa shape index (κ2) is 3.58. The van der Waals surface area contributed by atoms with E-state index in [1.54, 1.807) is 0 Å². The van der Waals surface area contributed by atoms with Gasteiger partial charge in [-0.15, -0.1) is 14.8 Å². The van der Waals surface area contributed by atoms with Crippen LogP contribution in [0.4, 0.5) is 5.82 Å². The van der Waals surface area contributed by atoms with Gasteiger partial charge in [0.1, 0.15) is 5.82 Å². The molecule has 1 saturated carbocycles. The van der Waals surface area contributed by atoms with Crippen molar-refractivity contribution in [2.45, 2.75) is 17.6 Å². The molecule has 7 heteroatoms. The molecule has 0 aromatic carbocycles. The largest absolute Gasteiger partial charge is 0.367 e. The lowest BCUT2D eigenvalue weighted by atomic mass is 10.4. The first kappa shape index (κ1) is 9.83. The highest BCUT2D eigenvalue weighted by Crippen LogP contribution is 2.46. The Bertz CT molecular complexity index is 505. The Morgan fingerprint density at radius 2 is 2.38 bits per heavy atom. The van der Waals surface area contributed by atoms with Crippen molar-refractivity contribution in [2.24, 2.45) is 0 Å². The fraction of sp³-hybridized carbons (Fsp3) is 0.556. The van der Waals surface area contributed by atoms with Crippen LogP contribution in [0.2, 0.25) is 0 Å². The maximum absolute atomic E-state index is 4.26. The molecule has 0 atom stereocenters. The van der Waals surface area contributed by atoms with E-state index in [2.05, 4.69) is 32.2 Å². The number of thioether (sulfide) groups is 1. The first-order valence-electron chi connectivity index (χ1n) is 5.16. The number of anilines is 1. The predicted molar refractivity (Wildman–Crippen MR) is 62.5 cm³/mol. The SMILES string of the molecule is CSC1(CNc2ccc3nnnn3n2)CC1. The van der Waals surface area contributed by atoms with Crippen molar-refractivity contribution in [3.05, 3.63) is 12.1 Å². The molecule has 1 aliphatic rings. The maximum Gasteiger partial charge on any atom is 0.200 e. The third kappa shape index (κ3) is 1.71. The summed E-state index contributed by atoms with van der Waals surface area (Å²) in [5.74, 6) is 0.820. The summed E-state index contributed by atoms with van der Waals surface area (Å²) < 4.78 is 1.86. The van der Waals surface area contributed by atoms with E-state index in [1.807, 2.05) is 23.9 Å². The molecule has 84 valence electrons. The molecule has 0 unspecified atom stereocenters. The zero-order valence-corrected chi connectivity index (χ0v) is 9.74. The molecular formula is C9H12N6S. The third-order valence-electron chi connectivity index (χ3n) is 2.90. The van der Waals surface area contributed by atoms with E-state index in [1.165, 1.54) is 17.5 Å². The minimum absolute atomic E-state index is 0.428. The van der Waals surface area contributed by atoms with Crippen molar-refractivity contribution < 1.29 is 0 Å². The summed E-state index contributed by atoms with van der Waals surface area (Å²) in [5.41, 5.74) is 0.663. The van der Waals surface area contributed by atoms with Crippen LogP contribution in [-0.4, -0.2) is 42.8 Å². The molecule has 0 bridgehead atoms. The molecule has 6 nitrogen and oxygen atoms in total. The topological polar surface area (TPSA) is 68.0 Å². The van der Waals surface area contributed by atoms with Crippen molar-refractivity contribution >= 4 is 23.2 Å². The van der Waals surface area contributed by atoms with Crippen LogP contribution >= 0.6 is 11.8 Å². The number of hydrogen-bond acceptors (Lipinski definition) is 6. The Balaban J connectivity index is 1.74. The summed E-state index contributed by atoms with van der Waals surface area (Å²) >= 11 is 1.93. The summed E-state index contributed by atoms with van der Waals surface area (Å²) in [4.78, 5) is 0. The Morgan fingerprint density at radius 1 is 1.50 bits per heavy atom. The van der Waals surface area contributed by atoms with Gasteiger partial charge in [0.25, 0.3) is 0 Å². The van der Waals surface area contributed by atoms with Crippen LogP contribution in [0.3, 0.4) is 0 Å². The van der Waals surface area contributed by atoms with Gasteiger partial charge in [0.05, 0.1) is 0 Å². The highest BCUT2D eigenvalue weighted by Gasteiger charge is 2.41. The van der Waals surface area contributed by atoms with Crippen LogP contribution in [-0.2, 0) is 0 Å². The van der Waals surface area contributed by atoms with Crippen LogP contribution in [0.25, 0.3) is 5.65 Å². The molecule has 0 saturated heterocycles. The molecule has 2 heterocycles. The van der Waals surface area contributed by atoms with Gasteiger partial charge in [-0.1, -0.05) is 0 Å². The van der Waals surface area contributed by atoms with Gasteiger partial charge in [-0.3, -0.25) is 0 Å². The van der Waals surface area contributed by atoms with Crippen LogP contribution in [0, 0.1) is 0 Å². The van der Waals surface area contributed by atoms with Gasteiger partial charge < -0.3 is 5.32 Å². The quantitative estimate of drug-likeness (QED) is 0.848. The summed E-state index contributed by atoms with van der Waals surface area (Å²) in [6, 6.07) is 3.76. The zero-order valence-electron chi connectivity index (χ0n) is 8.92. The molecule has 0 aliphatic heterocycles. The standard InChI is InChI=1S/C9H12N6S/c1-16-9(4-5-9)6-10-7-2-3-8-11-13-14-15(8)12-7/h2-3H,4-6H2,1H3,(H,10,12). The Labute approximate surface area is 96.8 Å². The van der Waals surface area contributed by atoms with Gasteiger partial charge in [-0.2, -0.15) is 11.8 Å². The molecule has 16 heavy (non-hydrogen) atoms. The summed E-state index contributed by atoms with van der Waals surface area (Å²) in [5, 5.41) is 18.7. The average Bonchev–Trinajstić information content (AvgIpc) is 2.96. The van der Waals surface area contributed by atoms with E-state index >= 15 is 0 Å². The molecular weight excluding hydrogens is 224 g/mol.